The number of thioether (sulfide) groups is 1. The number of carbonyl (C=O) groups excluding carboxylic acids is 1. The van der Waals surface area contributed by atoms with Crippen LogP contribution >= 0.6 is 11.8 Å². The predicted octanol–water partition coefficient (Wildman–Crippen LogP) is 6.03. The van der Waals surface area contributed by atoms with E-state index in [2.05, 4.69) is 43.4 Å². The highest BCUT2D eigenvalue weighted by atomic mass is 32.2. The molecule has 0 spiro atoms. The minimum Gasteiger partial charge on any atom is -0.497 e. The lowest BCUT2D eigenvalue weighted by atomic mass is 9.96. The normalized spacial score (nSPS) is 12.0. The smallest absolute Gasteiger partial charge is 0.230 e. The number of ether oxygens (including phenoxy) is 1. The zero-order valence-corrected chi connectivity index (χ0v) is 18.6. The zero-order valence-electron chi connectivity index (χ0n) is 17.7. The van der Waals surface area contributed by atoms with Crippen molar-refractivity contribution in [2.75, 3.05) is 12.9 Å². The Morgan fingerprint density at radius 1 is 0.833 bits per heavy atom. The second-order valence-electron chi connectivity index (χ2n) is 7.57. The Labute approximate surface area is 183 Å². The number of hydrogen-bond donors (Lipinski definition) is 1. The van der Waals surface area contributed by atoms with E-state index in [1.54, 1.807) is 18.9 Å². The van der Waals surface area contributed by atoms with Crippen LogP contribution in [-0.4, -0.2) is 18.8 Å². The van der Waals surface area contributed by atoms with Gasteiger partial charge < -0.3 is 10.1 Å². The van der Waals surface area contributed by atoms with Gasteiger partial charge in [-0.25, -0.2) is 0 Å². The minimum atomic E-state index is -0.0316. The Morgan fingerprint density at radius 3 is 1.83 bits per heavy atom. The first-order valence-corrected chi connectivity index (χ1v) is 11.3. The molecule has 0 saturated heterocycles. The van der Waals surface area contributed by atoms with E-state index in [0.717, 1.165) is 11.3 Å². The van der Waals surface area contributed by atoms with E-state index in [9.17, 15) is 4.79 Å². The van der Waals surface area contributed by atoms with Gasteiger partial charge in [0.05, 0.1) is 24.2 Å². The van der Waals surface area contributed by atoms with E-state index in [0.29, 0.717) is 5.75 Å². The maximum absolute atomic E-state index is 12.9. The average Bonchev–Trinajstić information content (AvgIpc) is 2.79. The van der Waals surface area contributed by atoms with E-state index in [1.165, 1.54) is 11.1 Å². The lowest BCUT2D eigenvalue weighted by Crippen LogP contribution is -2.33. The molecule has 0 bridgehead atoms. The fourth-order valence-electron chi connectivity index (χ4n) is 3.46. The molecule has 4 heteroatoms. The number of rotatable bonds is 9. The maximum atomic E-state index is 12.9. The fourth-order valence-corrected chi connectivity index (χ4v) is 4.56. The van der Waals surface area contributed by atoms with Crippen molar-refractivity contribution in [2.45, 2.75) is 25.1 Å². The van der Waals surface area contributed by atoms with Crippen LogP contribution in [0.15, 0.2) is 84.9 Å². The Morgan fingerprint density at radius 2 is 1.37 bits per heavy atom. The first-order chi connectivity index (χ1) is 14.6. The van der Waals surface area contributed by atoms with Crippen molar-refractivity contribution in [1.29, 1.82) is 0 Å². The number of methoxy groups -OCH3 is 1. The van der Waals surface area contributed by atoms with E-state index in [1.807, 2.05) is 60.7 Å². The lowest BCUT2D eigenvalue weighted by molar-refractivity contribution is -0.119. The van der Waals surface area contributed by atoms with E-state index in [-0.39, 0.29) is 23.1 Å². The fraction of sp³-hybridized carbons (Fsp3) is 0.269. The molecule has 3 aromatic carbocycles. The van der Waals surface area contributed by atoms with Gasteiger partial charge in [-0.2, -0.15) is 0 Å². The molecule has 0 aromatic heterocycles. The van der Waals surface area contributed by atoms with Gasteiger partial charge in [0.15, 0.2) is 0 Å². The van der Waals surface area contributed by atoms with Crippen molar-refractivity contribution in [3.8, 4) is 5.75 Å². The van der Waals surface area contributed by atoms with Gasteiger partial charge in [-0.1, -0.05) is 86.6 Å². The van der Waals surface area contributed by atoms with Crippen molar-refractivity contribution in [2.24, 2.45) is 5.92 Å². The molecule has 1 atom stereocenters. The third kappa shape index (κ3) is 5.90. The van der Waals surface area contributed by atoms with Gasteiger partial charge in [-0.3, -0.25) is 4.79 Å². The Balaban J connectivity index is 1.69. The Hall–Kier alpha value is -2.72. The summed E-state index contributed by atoms with van der Waals surface area (Å²) in [6.07, 6.45) is 0. The summed E-state index contributed by atoms with van der Waals surface area (Å²) in [7, 11) is 1.66. The molecule has 3 nitrogen and oxygen atoms in total. The highest BCUT2D eigenvalue weighted by molar-refractivity contribution is 8.00. The molecule has 1 amide bonds. The van der Waals surface area contributed by atoms with Gasteiger partial charge in [0.25, 0.3) is 0 Å². The average molecular weight is 420 g/mol. The second kappa shape index (κ2) is 10.9. The van der Waals surface area contributed by atoms with Crippen LogP contribution in [-0.2, 0) is 4.79 Å². The molecule has 30 heavy (non-hydrogen) atoms. The predicted molar refractivity (Wildman–Crippen MR) is 126 cm³/mol. The van der Waals surface area contributed by atoms with E-state index < -0.39 is 0 Å². The largest absolute Gasteiger partial charge is 0.497 e. The molecule has 0 heterocycles. The van der Waals surface area contributed by atoms with Gasteiger partial charge in [-0.05, 0) is 34.7 Å². The van der Waals surface area contributed by atoms with Crippen LogP contribution in [0, 0.1) is 5.92 Å². The summed E-state index contributed by atoms with van der Waals surface area (Å²) in [5, 5.41) is 3.35. The van der Waals surface area contributed by atoms with Gasteiger partial charge in [-0.15, -0.1) is 11.8 Å². The quantitative estimate of drug-likeness (QED) is 0.460. The summed E-state index contributed by atoms with van der Waals surface area (Å²) in [5.41, 5.74) is 3.50. The van der Waals surface area contributed by atoms with Crippen LogP contribution in [0.5, 0.6) is 5.75 Å². The van der Waals surface area contributed by atoms with Crippen LogP contribution in [0.25, 0.3) is 0 Å². The van der Waals surface area contributed by atoms with Crippen molar-refractivity contribution in [1.82, 2.24) is 5.32 Å². The molecule has 0 fully saturated rings. The molecule has 1 N–H and O–H groups in total. The topological polar surface area (TPSA) is 38.3 Å². The van der Waals surface area contributed by atoms with Crippen LogP contribution in [0.3, 0.4) is 0 Å². The summed E-state index contributed by atoms with van der Waals surface area (Å²) in [5.74, 6) is 1.54. The summed E-state index contributed by atoms with van der Waals surface area (Å²) < 4.78 is 5.25. The molecular weight excluding hydrogens is 390 g/mol. The van der Waals surface area contributed by atoms with Crippen LogP contribution in [0.2, 0.25) is 0 Å². The maximum Gasteiger partial charge on any atom is 0.230 e. The Kier molecular flexibility index (Phi) is 7.97. The summed E-state index contributed by atoms with van der Waals surface area (Å²) in [6, 6.07) is 28.6. The Bertz CT molecular complexity index is 871. The molecule has 0 aliphatic heterocycles. The van der Waals surface area contributed by atoms with Gasteiger partial charge in [0, 0.05) is 0 Å². The summed E-state index contributed by atoms with van der Waals surface area (Å²) >= 11 is 1.66. The van der Waals surface area contributed by atoms with Crippen molar-refractivity contribution in [3.63, 3.8) is 0 Å². The van der Waals surface area contributed by atoms with Crippen molar-refractivity contribution in [3.05, 3.63) is 102 Å². The molecule has 156 valence electrons. The van der Waals surface area contributed by atoms with E-state index >= 15 is 0 Å². The molecular formula is C26H29NO2S. The van der Waals surface area contributed by atoms with Crippen molar-refractivity contribution >= 4 is 17.7 Å². The zero-order chi connectivity index (χ0) is 21.3. The molecule has 3 rings (SSSR count). The highest BCUT2D eigenvalue weighted by Gasteiger charge is 2.21. The number of benzene rings is 3. The molecule has 1 unspecified atom stereocenters. The van der Waals surface area contributed by atoms with Crippen LogP contribution in [0.4, 0.5) is 0 Å². The van der Waals surface area contributed by atoms with Crippen LogP contribution < -0.4 is 10.1 Å². The minimum absolute atomic E-state index is 0.0316. The number of hydrogen-bond acceptors (Lipinski definition) is 3. The van der Waals surface area contributed by atoms with Gasteiger partial charge in [0.1, 0.15) is 5.75 Å². The molecule has 3 aromatic rings. The number of amides is 1. The van der Waals surface area contributed by atoms with E-state index in [4.69, 9.17) is 4.74 Å². The number of nitrogens with one attached hydrogen (secondary N) is 1. The molecule has 0 aliphatic carbocycles. The van der Waals surface area contributed by atoms with Crippen molar-refractivity contribution < 1.29 is 9.53 Å². The highest BCUT2D eigenvalue weighted by Crippen LogP contribution is 2.35. The monoisotopic (exact) mass is 419 g/mol. The molecule has 0 saturated carbocycles. The summed E-state index contributed by atoms with van der Waals surface area (Å²) in [4.78, 5) is 12.9. The summed E-state index contributed by atoms with van der Waals surface area (Å²) in [6.45, 7) is 4.25. The second-order valence-corrected chi connectivity index (χ2v) is 8.67. The first kappa shape index (κ1) is 22.0. The third-order valence-electron chi connectivity index (χ3n) is 5.04. The third-order valence-corrected chi connectivity index (χ3v) is 6.35. The molecule has 0 aliphatic rings. The SMILES string of the molecule is COc1ccc(C(NC(=O)CSC(c2ccccc2)c2ccccc2)C(C)C)cc1. The first-order valence-electron chi connectivity index (χ1n) is 10.2. The lowest BCUT2D eigenvalue weighted by Gasteiger charge is -2.24. The number of carbonyl (C=O) groups is 1. The molecule has 0 radical (unpaired) electrons. The van der Waals surface area contributed by atoms with Gasteiger partial charge >= 0.3 is 0 Å². The van der Waals surface area contributed by atoms with Gasteiger partial charge in [0.2, 0.25) is 5.91 Å². The van der Waals surface area contributed by atoms with Crippen LogP contribution in [0.1, 0.15) is 41.8 Å². The standard InChI is InChI=1S/C26H29NO2S/c1-19(2)25(20-14-16-23(29-3)17-15-20)27-24(28)18-30-26(21-10-6-4-7-11-21)22-12-8-5-9-13-22/h4-17,19,25-26H,18H2,1-3H3,(H,27,28).